The minimum absolute atomic E-state index is 0.122. The lowest BCUT2D eigenvalue weighted by Gasteiger charge is -2.12. The topological polar surface area (TPSA) is 78.3 Å². The average molecular weight is 497 g/mol. The second-order valence-electron chi connectivity index (χ2n) is 7.94. The number of methoxy groups -OCH3 is 2. The van der Waals surface area contributed by atoms with Gasteiger partial charge in [0.1, 0.15) is 11.5 Å². The van der Waals surface area contributed by atoms with Crippen molar-refractivity contribution in [2.24, 2.45) is 0 Å². The van der Waals surface area contributed by atoms with Gasteiger partial charge in [-0.25, -0.2) is 0 Å². The number of benzene rings is 4. The first kappa shape index (κ1) is 23.4. The zero-order valence-electron chi connectivity index (χ0n) is 19.8. The van der Waals surface area contributed by atoms with Crippen molar-refractivity contribution in [3.63, 3.8) is 0 Å². The molecule has 8 heteroatoms. The molecule has 36 heavy (non-hydrogen) atoms. The standard InChI is InChI=1S/C28H24N4O3S/c1-34-22-15-13-21(14-16-22)32-27(20-9-5-10-23(17-20)35-2)30-31-28(32)36-18-26(33)29-25-12-6-8-19-7-3-4-11-24(19)25/h3-17H,18H2,1-2H3,(H,29,33). The number of hydrogen-bond donors (Lipinski definition) is 1. The molecule has 0 aliphatic rings. The summed E-state index contributed by atoms with van der Waals surface area (Å²) in [6.07, 6.45) is 0. The summed E-state index contributed by atoms with van der Waals surface area (Å²) in [6, 6.07) is 29.1. The van der Waals surface area contributed by atoms with Crippen LogP contribution in [0.3, 0.4) is 0 Å². The molecule has 7 nitrogen and oxygen atoms in total. The fourth-order valence-corrected chi connectivity index (χ4v) is 4.68. The number of amides is 1. The van der Waals surface area contributed by atoms with Crippen LogP contribution in [0.2, 0.25) is 0 Å². The van der Waals surface area contributed by atoms with E-state index in [4.69, 9.17) is 9.47 Å². The predicted molar refractivity (Wildman–Crippen MR) is 143 cm³/mol. The third kappa shape index (κ3) is 4.89. The Bertz CT molecular complexity index is 1510. The van der Waals surface area contributed by atoms with Crippen molar-refractivity contribution < 1.29 is 14.3 Å². The maximum atomic E-state index is 12.9. The van der Waals surface area contributed by atoms with Crippen LogP contribution < -0.4 is 14.8 Å². The lowest BCUT2D eigenvalue weighted by Crippen LogP contribution is -2.14. The van der Waals surface area contributed by atoms with Crippen LogP contribution in [0, 0.1) is 0 Å². The van der Waals surface area contributed by atoms with Gasteiger partial charge < -0.3 is 14.8 Å². The van der Waals surface area contributed by atoms with Gasteiger partial charge in [-0.05, 0) is 47.9 Å². The highest BCUT2D eigenvalue weighted by molar-refractivity contribution is 7.99. The second-order valence-corrected chi connectivity index (χ2v) is 8.88. The van der Waals surface area contributed by atoms with Gasteiger partial charge in [0.15, 0.2) is 11.0 Å². The molecule has 0 radical (unpaired) electrons. The molecule has 5 aromatic rings. The Balaban J connectivity index is 1.43. The molecular weight excluding hydrogens is 472 g/mol. The van der Waals surface area contributed by atoms with E-state index >= 15 is 0 Å². The smallest absolute Gasteiger partial charge is 0.234 e. The lowest BCUT2D eigenvalue weighted by atomic mass is 10.1. The zero-order valence-corrected chi connectivity index (χ0v) is 20.7. The molecule has 0 saturated carbocycles. The van der Waals surface area contributed by atoms with Crippen molar-refractivity contribution in [2.45, 2.75) is 5.16 Å². The lowest BCUT2D eigenvalue weighted by molar-refractivity contribution is -0.113. The molecule has 5 rings (SSSR count). The van der Waals surface area contributed by atoms with Crippen LogP contribution >= 0.6 is 11.8 Å². The number of carbonyl (C=O) groups is 1. The van der Waals surface area contributed by atoms with Gasteiger partial charge in [-0.1, -0.05) is 60.3 Å². The van der Waals surface area contributed by atoms with Crippen molar-refractivity contribution >= 4 is 34.1 Å². The number of anilines is 1. The van der Waals surface area contributed by atoms with E-state index in [9.17, 15) is 4.79 Å². The Hall–Kier alpha value is -4.30. The van der Waals surface area contributed by atoms with Gasteiger partial charge in [-0.2, -0.15) is 0 Å². The first-order valence-corrected chi connectivity index (χ1v) is 12.3. The predicted octanol–water partition coefficient (Wildman–Crippen LogP) is 5.84. The molecule has 0 unspecified atom stereocenters. The summed E-state index contributed by atoms with van der Waals surface area (Å²) in [7, 11) is 3.26. The summed E-state index contributed by atoms with van der Waals surface area (Å²) in [6.45, 7) is 0. The van der Waals surface area contributed by atoms with E-state index in [2.05, 4.69) is 15.5 Å². The Labute approximate surface area is 213 Å². The van der Waals surface area contributed by atoms with Gasteiger partial charge in [0.05, 0.1) is 20.0 Å². The third-order valence-corrected chi connectivity index (χ3v) is 6.62. The molecule has 1 amide bonds. The van der Waals surface area contributed by atoms with E-state index in [1.54, 1.807) is 14.2 Å². The molecule has 1 aromatic heterocycles. The fourth-order valence-electron chi connectivity index (χ4n) is 3.93. The summed E-state index contributed by atoms with van der Waals surface area (Å²) in [4.78, 5) is 12.9. The molecule has 1 heterocycles. The third-order valence-electron chi connectivity index (χ3n) is 5.69. The van der Waals surface area contributed by atoms with Gasteiger partial charge in [0.25, 0.3) is 0 Å². The van der Waals surface area contributed by atoms with Crippen LogP contribution in [0.5, 0.6) is 11.5 Å². The van der Waals surface area contributed by atoms with Crippen molar-refractivity contribution in [1.82, 2.24) is 14.8 Å². The van der Waals surface area contributed by atoms with Gasteiger partial charge in [0.2, 0.25) is 5.91 Å². The van der Waals surface area contributed by atoms with Gasteiger partial charge >= 0.3 is 0 Å². The Morgan fingerprint density at radius 1 is 0.861 bits per heavy atom. The number of ether oxygens (including phenoxy) is 2. The van der Waals surface area contributed by atoms with Gasteiger partial charge in [-0.3, -0.25) is 9.36 Å². The number of aromatic nitrogens is 3. The molecule has 0 saturated heterocycles. The summed E-state index contributed by atoms with van der Waals surface area (Å²) < 4.78 is 12.6. The van der Waals surface area contributed by atoms with Crippen LogP contribution in [-0.2, 0) is 4.79 Å². The van der Waals surface area contributed by atoms with Crippen LogP contribution in [0.25, 0.3) is 27.8 Å². The van der Waals surface area contributed by atoms with E-state index < -0.39 is 0 Å². The molecule has 0 atom stereocenters. The van der Waals surface area contributed by atoms with Crippen LogP contribution in [0.1, 0.15) is 0 Å². The quantitative estimate of drug-likeness (QED) is 0.272. The molecule has 0 spiro atoms. The largest absolute Gasteiger partial charge is 0.497 e. The van der Waals surface area contributed by atoms with E-state index in [-0.39, 0.29) is 11.7 Å². The maximum Gasteiger partial charge on any atom is 0.234 e. The summed E-state index contributed by atoms with van der Waals surface area (Å²) >= 11 is 1.32. The maximum absolute atomic E-state index is 12.9. The minimum atomic E-state index is -0.122. The number of fused-ring (bicyclic) bond motifs is 1. The van der Waals surface area contributed by atoms with Crippen molar-refractivity contribution in [1.29, 1.82) is 0 Å². The molecular formula is C28H24N4O3S. The Morgan fingerprint density at radius 2 is 1.61 bits per heavy atom. The number of hydrogen-bond acceptors (Lipinski definition) is 6. The molecule has 4 aromatic carbocycles. The van der Waals surface area contributed by atoms with E-state index in [0.717, 1.165) is 39.2 Å². The normalized spacial score (nSPS) is 10.8. The number of rotatable bonds is 8. The highest BCUT2D eigenvalue weighted by atomic mass is 32.2. The number of carbonyl (C=O) groups excluding carboxylic acids is 1. The van der Waals surface area contributed by atoms with E-state index in [1.165, 1.54) is 11.8 Å². The van der Waals surface area contributed by atoms with Crippen molar-refractivity contribution in [3.05, 3.63) is 91.0 Å². The zero-order chi connectivity index (χ0) is 24.9. The molecule has 0 aliphatic carbocycles. The molecule has 0 bridgehead atoms. The highest BCUT2D eigenvalue weighted by Crippen LogP contribution is 2.31. The molecule has 0 fully saturated rings. The molecule has 180 valence electrons. The summed E-state index contributed by atoms with van der Waals surface area (Å²) in [5, 5.41) is 14.6. The van der Waals surface area contributed by atoms with Crippen molar-refractivity contribution in [3.8, 4) is 28.6 Å². The number of nitrogens with one attached hydrogen (secondary N) is 1. The summed E-state index contributed by atoms with van der Waals surface area (Å²) in [5.74, 6) is 2.17. The fraction of sp³-hybridized carbons (Fsp3) is 0.107. The average Bonchev–Trinajstić information content (AvgIpc) is 3.36. The van der Waals surface area contributed by atoms with Crippen LogP contribution in [0.15, 0.2) is 96.2 Å². The SMILES string of the molecule is COc1ccc(-n2c(SCC(=O)Nc3cccc4ccccc34)nnc2-c2cccc(OC)c2)cc1. The molecule has 1 N–H and O–H groups in total. The first-order chi connectivity index (χ1) is 17.7. The van der Waals surface area contributed by atoms with E-state index in [0.29, 0.717) is 11.0 Å². The van der Waals surface area contributed by atoms with Gasteiger partial charge in [-0.15, -0.1) is 10.2 Å². The number of nitrogens with zero attached hydrogens (tertiary/aromatic N) is 3. The van der Waals surface area contributed by atoms with Crippen LogP contribution in [-0.4, -0.2) is 40.6 Å². The van der Waals surface area contributed by atoms with Crippen molar-refractivity contribution in [2.75, 3.05) is 25.3 Å². The van der Waals surface area contributed by atoms with Crippen LogP contribution in [0.4, 0.5) is 5.69 Å². The molecule has 0 aliphatic heterocycles. The first-order valence-electron chi connectivity index (χ1n) is 11.3. The summed E-state index contributed by atoms with van der Waals surface area (Å²) in [5.41, 5.74) is 2.49. The minimum Gasteiger partial charge on any atom is -0.497 e. The Kier molecular flexibility index (Phi) is 6.86. The number of thioether (sulfide) groups is 1. The second kappa shape index (κ2) is 10.5. The Morgan fingerprint density at radius 3 is 2.42 bits per heavy atom. The van der Waals surface area contributed by atoms with E-state index in [1.807, 2.05) is 95.6 Å². The monoisotopic (exact) mass is 496 g/mol. The highest BCUT2D eigenvalue weighted by Gasteiger charge is 2.18. The van der Waals surface area contributed by atoms with Gasteiger partial charge in [0, 0.05) is 22.3 Å².